The molecule has 0 fully saturated rings. The fraction of sp³-hybridized carbons (Fsp3) is 0. The van der Waals surface area contributed by atoms with Gasteiger partial charge in [-0.25, -0.2) is 9.97 Å². The van der Waals surface area contributed by atoms with Crippen molar-refractivity contribution in [2.24, 2.45) is 0 Å². The zero-order valence-corrected chi connectivity index (χ0v) is 19.5. The number of hydrogen-bond acceptors (Lipinski definition) is 6. The summed E-state index contributed by atoms with van der Waals surface area (Å²) in [7, 11) is 0. The molecule has 2 amide bonds. The minimum atomic E-state index is -0.501. The lowest BCUT2D eigenvalue weighted by molar-refractivity contribution is 0.101. The second-order valence-corrected chi connectivity index (χ2v) is 8.70. The molecule has 5 rings (SSSR count). The summed E-state index contributed by atoms with van der Waals surface area (Å²) >= 11 is 7.16. The Morgan fingerprint density at radius 2 is 1.60 bits per heavy atom. The summed E-state index contributed by atoms with van der Waals surface area (Å²) in [4.78, 5) is 49.3. The lowest BCUT2D eigenvalue weighted by Gasteiger charge is -2.03. The number of imidazole rings is 1. The van der Waals surface area contributed by atoms with Gasteiger partial charge >= 0.3 is 0 Å². The molecule has 0 saturated carbocycles. The minimum Gasteiger partial charge on any atom is -0.324 e. The highest BCUT2D eigenvalue weighted by Gasteiger charge is 2.17. The Labute approximate surface area is 208 Å². The first-order chi connectivity index (χ1) is 17.0. The molecule has 0 saturated heterocycles. The minimum absolute atomic E-state index is 0.110. The summed E-state index contributed by atoms with van der Waals surface area (Å²) in [5.41, 5.74) is 2.71. The van der Waals surface area contributed by atoms with Gasteiger partial charge < -0.3 is 4.98 Å². The maximum Gasteiger partial charge on any atom is 0.277 e. The highest BCUT2D eigenvalue weighted by atomic mass is 35.5. The Hall–Kier alpha value is -4.34. The maximum atomic E-state index is 12.7. The number of aromatic nitrogens is 3. The molecular weight excluding hydrogens is 486 g/mol. The number of fused-ring (bicyclic) bond motifs is 1. The van der Waals surface area contributed by atoms with Crippen LogP contribution in [0, 0.1) is 0 Å². The molecule has 5 aromatic rings. The summed E-state index contributed by atoms with van der Waals surface area (Å²) in [6.45, 7) is 0. The fourth-order valence-corrected chi connectivity index (χ4v) is 4.29. The molecule has 0 atom stereocenters. The number of ketones is 1. The number of rotatable bonds is 6. The van der Waals surface area contributed by atoms with Crippen LogP contribution < -0.4 is 10.6 Å². The van der Waals surface area contributed by atoms with E-state index in [0.29, 0.717) is 32.7 Å². The Morgan fingerprint density at radius 3 is 2.40 bits per heavy atom. The molecule has 2 aromatic heterocycles. The number of carbonyl (C=O) groups is 3. The first-order valence-corrected chi connectivity index (χ1v) is 11.7. The Kier molecular flexibility index (Phi) is 6.09. The van der Waals surface area contributed by atoms with E-state index in [2.05, 4.69) is 25.6 Å². The van der Waals surface area contributed by atoms with Gasteiger partial charge in [0.25, 0.3) is 11.8 Å². The summed E-state index contributed by atoms with van der Waals surface area (Å²) in [5, 5.41) is 7.39. The van der Waals surface area contributed by atoms with Gasteiger partial charge in [-0.3, -0.25) is 25.0 Å². The van der Waals surface area contributed by atoms with Crippen molar-refractivity contribution < 1.29 is 14.4 Å². The molecule has 0 aliphatic heterocycles. The Bertz CT molecular complexity index is 1580. The molecule has 0 aliphatic carbocycles. The Balaban J connectivity index is 1.28. The highest BCUT2D eigenvalue weighted by molar-refractivity contribution is 7.14. The quantitative estimate of drug-likeness (QED) is 0.269. The largest absolute Gasteiger partial charge is 0.324 e. The van der Waals surface area contributed by atoms with Crippen molar-refractivity contribution in [1.29, 1.82) is 0 Å². The zero-order valence-electron chi connectivity index (χ0n) is 17.9. The van der Waals surface area contributed by atoms with Crippen LogP contribution in [0.15, 0.2) is 78.2 Å². The third-order valence-electron chi connectivity index (χ3n) is 5.09. The van der Waals surface area contributed by atoms with E-state index in [1.807, 2.05) is 18.2 Å². The molecule has 2 heterocycles. The van der Waals surface area contributed by atoms with Crippen LogP contribution in [0.25, 0.3) is 11.0 Å². The number of nitrogens with one attached hydrogen (secondary N) is 3. The number of aromatic amines is 1. The summed E-state index contributed by atoms with van der Waals surface area (Å²) < 4.78 is 0. The van der Waals surface area contributed by atoms with Crippen molar-refractivity contribution in [3.63, 3.8) is 0 Å². The van der Waals surface area contributed by atoms with Crippen molar-refractivity contribution in [2.45, 2.75) is 0 Å². The van der Waals surface area contributed by atoms with Crippen LogP contribution in [0.4, 0.5) is 11.1 Å². The van der Waals surface area contributed by atoms with Crippen LogP contribution in [0.3, 0.4) is 0 Å². The van der Waals surface area contributed by atoms with E-state index in [0.717, 1.165) is 11.3 Å². The number of carbonyl (C=O) groups excluding carboxylic acids is 3. The average Bonchev–Trinajstić information content (AvgIpc) is 3.50. The van der Waals surface area contributed by atoms with Crippen LogP contribution in [0.5, 0.6) is 0 Å². The topological polar surface area (TPSA) is 117 Å². The van der Waals surface area contributed by atoms with Gasteiger partial charge in [0, 0.05) is 16.5 Å². The average molecular weight is 502 g/mol. The van der Waals surface area contributed by atoms with Crippen molar-refractivity contribution in [3.8, 4) is 0 Å². The predicted octanol–water partition coefficient (Wildman–Crippen LogP) is 5.41. The van der Waals surface area contributed by atoms with E-state index in [1.165, 1.54) is 5.38 Å². The summed E-state index contributed by atoms with van der Waals surface area (Å²) in [5.74, 6) is -0.820. The van der Waals surface area contributed by atoms with E-state index in [4.69, 9.17) is 11.6 Å². The molecule has 3 N–H and O–H groups in total. The molecule has 0 radical (unpaired) electrons. The third kappa shape index (κ3) is 4.81. The van der Waals surface area contributed by atoms with E-state index < -0.39 is 11.8 Å². The third-order valence-corrected chi connectivity index (χ3v) is 6.18. The molecule has 0 spiro atoms. The van der Waals surface area contributed by atoms with Crippen molar-refractivity contribution >= 4 is 62.6 Å². The number of H-pyrrole nitrogens is 1. The van der Waals surface area contributed by atoms with Crippen LogP contribution in [0.1, 0.15) is 36.8 Å². The van der Waals surface area contributed by atoms with Crippen LogP contribution in [-0.4, -0.2) is 32.5 Å². The lowest BCUT2D eigenvalue weighted by atomic mass is 10.0. The van der Waals surface area contributed by atoms with E-state index in [1.54, 1.807) is 54.6 Å². The number of hydrogen-bond donors (Lipinski definition) is 3. The van der Waals surface area contributed by atoms with Crippen LogP contribution in [-0.2, 0) is 0 Å². The van der Waals surface area contributed by atoms with Crippen LogP contribution >= 0.6 is 22.9 Å². The predicted molar refractivity (Wildman–Crippen MR) is 135 cm³/mol. The van der Waals surface area contributed by atoms with Crippen molar-refractivity contribution in [3.05, 3.63) is 106 Å². The van der Waals surface area contributed by atoms with E-state index >= 15 is 0 Å². The number of anilines is 2. The van der Waals surface area contributed by atoms with Gasteiger partial charge in [-0.15, -0.1) is 11.3 Å². The van der Waals surface area contributed by atoms with Gasteiger partial charge in [0.2, 0.25) is 5.95 Å². The van der Waals surface area contributed by atoms with Crippen LogP contribution in [0.2, 0.25) is 5.02 Å². The molecule has 8 nitrogen and oxygen atoms in total. The molecule has 3 aromatic carbocycles. The first-order valence-electron chi connectivity index (χ1n) is 10.4. The number of thiazole rings is 1. The van der Waals surface area contributed by atoms with Gasteiger partial charge in [-0.2, -0.15) is 0 Å². The highest BCUT2D eigenvalue weighted by Crippen LogP contribution is 2.22. The Morgan fingerprint density at radius 1 is 0.829 bits per heavy atom. The smallest absolute Gasteiger partial charge is 0.277 e. The molecule has 0 unspecified atom stereocenters. The maximum absolute atomic E-state index is 12.7. The molecule has 35 heavy (non-hydrogen) atoms. The number of halogens is 1. The standard InChI is InChI=1S/C25H16ClN5O3S/c26-17-9-5-4-8-16(17)22(33)31-25-29-20(13-35-25)23(34)30-24-27-18-11-10-15(12-19(18)28-24)21(32)14-6-2-1-3-7-14/h1-13H,(H,29,31,33)(H2,27,28,30,34). The molecule has 0 aliphatic rings. The lowest BCUT2D eigenvalue weighted by Crippen LogP contribution is -2.15. The van der Waals surface area contributed by atoms with E-state index in [9.17, 15) is 14.4 Å². The first kappa shape index (κ1) is 22.5. The van der Waals surface area contributed by atoms with E-state index in [-0.39, 0.29) is 22.6 Å². The van der Waals surface area contributed by atoms with Gasteiger partial charge in [0.15, 0.2) is 10.9 Å². The van der Waals surface area contributed by atoms with Crippen molar-refractivity contribution in [2.75, 3.05) is 10.6 Å². The van der Waals surface area contributed by atoms with Gasteiger partial charge in [0.1, 0.15) is 5.69 Å². The SMILES string of the molecule is O=C(c1ccccc1)c1ccc2nc(NC(=O)c3csc(NC(=O)c4ccccc4Cl)n3)[nH]c2c1. The second-order valence-electron chi connectivity index (χ2n) is 7.44. The fourth-order valence-electron chi connectivity index (χ4n) is 3.38. The van der Waals surface area contributed by atoms with Crippen molar-refractivity contribution in [1.82, 2.24) is 15.0 Å². The molecule has 172 valence electrons. The number of benzene rings is 3. The van der Waals surface area contributed by atoms with Gasteiger partial charge in [-0.1, -0.05) is 54.1 Å². The molecular formula is C25H16ClN5O3S. The number of amides is 2. The second kappa shape index (κ2) is 9.49. The monoisotopic (exact) mass is 501 g/mol. The summed E-state index contributed by atoms with van der Waals surface area (Å²) in [6, 6.07) is 20.7. The number of nitrogens with zero attached hydrogens (tertiary/aromatic N) is 2. The normalized spacial score (nSPS) is 10.8. The van der Waals surface area contributed by atoms with Gasteiger partial charge in [0.05, 0.1) is 21.6 Å². The summed E-state index contributed by atoms with van der Waals surface area (Å²) in [6.07, 6.45) is 0. The zero-order chi connectivity index (χ0) is 24.4. The van der Waals surface area contributed by atoms with Gasteiger partial charge in [-0.05, 0) is 30.3 Å². The molecule has 10 heteroatoms. The molecule has 0 bridgehead atoms.